The van der Waals surface area contributed by atoms with Gasteiger partial charge in [0.05, 0.1) is 10.6 Å². The molecular formula is C15H14FNO4S. The number of nitrogens with zero attached hydrogens (tertiary/aromatic N) is 1. The molecule has 7 heteroatoms. The maximum atomic E-state index is 13.3. The number of benzene rings is 2. The van der Waals surface area contributed by atoms with Gasteiger partial charge in [0.2, 0.25) is 0 Å². The Morgan fingerprint density at radius 1 is 1.05 bits per heavy atom. The Labute approximate surface area is 127 Å². The van der Waals surface area contributed by atoms with Crippen LogP contribution in [0.2, 0.25) is 0 Å². The van der Waals surface area contributed by atoms with Crippen LogP contribution < -0.4 is 13.8 Å². The first-order chi connectivity index (χ1) is 10.5. The second-order valence-electron chi connectivity index (χ2n) is 4.76. The number of halogens is 1. The number of fused-ring (bicyclic) bond motifs is 1. The molecule has 2 aromatic carbocycles. The molecule has 0 saturated heterocycles. The number of anilines is 1. The Morgan fingerprint density at radius 3 is 2.50 bits per heavy atom. The summed E-state index contributed by atoms with van der Waals surface area (Å²) in [6, 6.07) is 9.82. The van der Waals surface area contributed by atoms with E-state index in [0.717, 1.165) is 10.4 Å². The van der Waals surface area contributed by atoms with Gasteiger partial charge in [0.15, 0.2) is 11.5 Å². The van der Waals surface area contributed by atoms with Crippen LogP contribution in [-0.4, -0.2) is 28.7 Å². The average Bonchev–Trinajstić information content (AvgIpc) is 2.53. The number of ether oxygens (including phenoxy) is 2. The summed E-state index contributed by atoms with van der Waals surface area (Å²) >= 11 is 0. The lowest BCUT2D eigenvalue weighted by atomic mass is 10.3. The van der Waals surface area contributed by atoms with Crippen molar-refractivity contribution >= 4 is 15.7 Å². The van der Waals surface area contributed by atoms with Crippen LogP contribution >= 0.6 is 0 Å². The van der Waals surface area contributed by atoms with Crippen molar-refractivity contribution in [2.75, 3.05) is 24.6 Å². The highest BCUT2D eigenvalue weighted by atomic mass is 32.2. The zero-order valence-corrected chi connectivity index (χ0v) is 12.6. The van der Waals surface area contributed by atoms with E-state index in [2.05, 4.69) is 0 Å². The molecule has 0 fully saturated rings. The monoisotopic (exact) mass is 323 g/mol. The van der Waals surface area contributed by atoms with Crippen molar-refractivity contribution in [1.82, 2.24) is 0 Å². The molecule has 2 aromatic rings. The van der Waals surface area contributed by atoms with Crippen LogP contribution in [0.1, 0.15) is 0 Å². The Morgan fingerprint density at radius 2 is 1.77 bits per heavy atom. The first-order valence-corrected chi connectivity index (χ1v) is 8.06. The third-order valence-electron chi connectivity index (χ3n) is 3.34. The molecule has 0 aromatic heterocycles. The molecule has 0 bridgehead atoms. The van der Waals surface area contributed by atoms with E-state index in [1.165, 1.54) is 37.4 Å². The zero-order valence-electron chi connectivity index (χ0n) is 11.8. The first-order valence-electron chi connectivity index (χ1n) is 6.62. The first kappa shape index (κ1) is 14.6. The van der Waals surface area contributed by atoms with E-state index in [4.69, 9.17) is 9.47 Å². The molecule has 5 nitrogen and oxygen atoms in total. The minimum Gasteiger partial charge on any atom is -0.486 e. The van der Waals surface area contributed by atoms with E-state index in [1.54, 1.807) is 6.07 Å². The van der Waals surface area contributed by atoms with E-state index in [0.29, 0.717) is 24.7 Å². The van der Waals surface area contributed by atoms with Crippen molar-refractivity contribution in [1.29, 1.82) is 0 Å². The van der Waals surface area contributed by atoms with E-state index in [9.17, 15) is 12.8 Å². The highest BCUT2D eigenvalue weighted by Crippen LogP contribution is 2.33. The lowest BCUT2D eigenvalue weighted by Gasteiger charge is -2.22. The second-order valence-corrected chi connectivity index (χ2v) is 6.73. The van der Waals surface area contributed by atoms with Gasteiger partial charge in [-0.1, -0.05) is 6.07 Å². The topological polar surface area (TPSA) is 55.8 Å². The Balaban J connectivity index is 1.99. The summed E-state index contributed by atoms with van der Waals surface area (Å²) in [7, 11) is -2.44. The van der Waals surface area contributed by atoms with Crippen LogP contribution in [0, 0.1) is 5.82 Å². The number of rotatable bonds is 3. The van der Waals surface area contributed by atoms with Gasteiger partial charge in [-0.15, -0.1) is 0 Å². The fourth-order valence-corrected chi connectivity index (χ4v) is 3.36. The van der Waals surface area contributed by atoms with Gasteiger partial charge in [0.25, 0.3) is 10.0 Å². The predicted molar refractivity (Wildman–Crippen MR) is 79.4 cm³/mol. The minimum atomic E-state index is -3.81. The van der Waals surface area contributed by atoms with E-state index in [-0.39, 0.29) is 10.6 Å². The molecule has 1 aliphatic heterocycles. The van der Waals surface area contributed by atoms with Crippen LogP contribution in [0.25, 0.3) is 0 Å². The second kappa shape index (κ2) is 5.49. The summed E-state index contributed by atoms with van der Waals surface area (Å²) in [5.74, 6) is 0.403. The summed E-state index contributed by atoms with van der Waals surface area (Å²) in [6.07, 6.45) is 0. The molecule has 0 saturated carbocycles. The van der Waals surface area contributed by atoms with Crippen LogP contribution in [0.4, 0.5) is 10.1 Å². The van der Waals surface area contributed by atoms with Crippen LogP contribution in [0.15, 0.2) is 47.4 Å². The smallest absolute Gasteiger partial charge is 0.264 e. The third-order valence-corrected chi connectivity index (χ3v) is 5.13. The molecule has 3 rings (SSSR count). The molecule has 0 spiro atoms. The van der Waals surface area contributed by atoms with E-state index >= 15 is 0 Å². The highest BCUT2D eigenvalue weighted by molar-refractivity contribution is 7.92. The van der Waals surface area contributed by atoms with Crippen LogP contribution in [-0.2, 0) is 10.0 Å². The largest absolute Gasteiger partial charge is 0.486 e. The normalized spacial score (nSPS) is 13.7. The molecule has 0 N–H and O–H groups in total. The van der Waals surface area contributed by atoms with Crippen molar-refractivity contribution in [2.45, 2.75) is 4.90 Å². The van der Waals surface area contributed by atoms with Crippen molar-refractivity contribution in [2.24, 2.45) is 0 Å². The number of hydrogen-bond donors (Lipinski definition) is 0. The Bertz CT molecular complexity index is 807. The summed E-state index contributed by atoms with van der Waals surface area (Å²) in [5.41, 5.74) is 0.245. The van der Waals surface area contributed by atoms with Crippen LogP contribution in [0.5, 0.6) is 11.5 Å². The minimum absolute atomic E-state index is 0.0588. The molecule has 1 heterocycles. The van der Waals surface area contributed by atoms with Crippen molar-refractivity contribution in [3.05, 3.63) is 48.3 Å². The highest BCUT2D eigenvalue weighted by Gasteiger charge is 2.24. The lowest BCUT2D eigenvalue weighted by molar-refractivity contribution is 0.171. The fraction of sp³-hybridized carbons (Fsp3) is 0.200. The van der Waals surface area contributed by atoms with Gasteiger partial charge in [-0.05, 0) is 30.3 Å². The summed E-state index contributed by atoms with van der Waals surface area (Å²) in [4.78, 5) is 0.0588. The van der Waals surface area contributed by atoms with Crippen molar-refractivity contribution < 1.29 is 22.3 Å². The third kappa shape index (κ3) is 2.59. The summed E-state index contributed by atoms with van der Waals surface area (Å²) < 4.78 is 50.4. The van der Waals surface area contributed by atoms with Gasteiger partial charge in [-0.2, -0.15) is 0 Å². The molecule has 0 radical (unpaired) electrons. The molecule has 0 aliphatic carbocycles. The predicted octanol–water partition coefficient (Wildman–Crippen LogP) is 2.42. The molecule has 0 amide bonds. The number of sulfonamides is 1. The van der Waals surface area contributed by atoms with E-state index < -0.39 is 15.8 Å². The zero-order chi connectivity index (χ0) is 15.7. The molecule has 0 atom stereocenters. The standard InChI is InChI=1S/C15H14FNO4S/c1-17(12-4-2-3-11(16)9-12)22(18,19)13-5-6-14-15(10-13)21-8-7-20-14/h2-6,9-10H,7-8H2,1H3. The molecule has 116 valence electrons. The SMILES string of the molecule is CN(c1cccc(F)c1)S(=O)(=O)c1ccc2c(c1)OCCO2. The van der Waals surface area contributed by atoms with Crippen LogP contribution in [0.3, 0.4) is 0 Å². The van der Waals surface area contributed by atoms with Gasteiger partial charge >= 0.3 is 0 Å². The van der Waals surface area contributed by atoms with Crippen molar-refractivity contribution in [3.63, 3.8) is 0 Å². The van der Waals surface area contributed by atoms with Gasteiger partial charge in [-0.3, -0.25) is 4.31 Å². The molecule has 0 unspecified atom stereocenters. The maximum absolute atomic E-state index is 13.3. The lowest BCUT2D eigenvalue weighted by Crippen LogP contribution is -2.27. The molecular weight excluding hydrogens is 309 g/mol. The van der Waals surface area contributed by atoms with Gasteiger partial charge < -0.3 is 9.47 Å². The Kier molecular flexibility index (Phi) is 3.66. The quantitative estimate of drug-likeness (QED) is 0.870. The van der Waals surface area contributed by atoms with Crippen molar-refractivity contribution in [3.8, 4) is 11.5 Å². The molecule has 22 heavy (non-hydrogen) atoms. The van der Waals surface area contributed by atoms with Gasteiger partial charge in [0, 0.05) is 13.1 Å². The Hall–Kier alpha value is -2.28. The number of hydrogen-bond acceptors (Lipinski definition) is 4. The summed E-state index contributed by atoms with van der Waals surface area (Å²) in [6.45, 7) is 0.804. The van der Waals surface area contributed by atoms with Gasteiger partial charge in [-0.25, -0.2) is 12.8 Å². The molecule has 1 aliphatic rings. The summed E-state index contributed by atoms with van der Waals surface area (Å²) in [5, 5.41) is 0. The van der Waals surface area contributed by atoms with E-state index in [1.807, 2.05) is 0 Å². The van der Waals surface area contributed by atoms with Gasteiger partial charge in [0.1, 0.15) is 19.0 Å². The average molecular weight is 323 g/mol. The maximum Gasteiger partial charge on any atom is 0.264 e. The fourth-order valence-electron chi connectivity index (χ4n) is 2.15.